The van der Waals surface area contributed by atoms with Crippen molar-refractivity contribution in [1.82, 2.24) is 0 Å². The lowest BCUT2D eigenvalue weighted by molar-refractivity contribution is 0.0162. The number of halogens is 1. The second-order valence-corrected chi connectivity index (χ2v) is 3.64. The minimum atomic E-state index is -0.797. The number of rotatable bonds is 2. The van der Waals surface area contributed by atoms with Gasteiger partial charge in [0.25, 0.3) is 0 Å². The van der Waals surface area contributed by atoms with Crippen molar-refractivity contribution in [2.45, 2.75) is 12.7 Å². The summed E-state index contributed by atoms with van der Waals surface area (Å²) in [4.78, 5) is 10.5. The number of nitrogens with two attached hydrogens (primary N) is 1. The second kappa shape index (κ2) is 4.08. The van der Waals surface area contributed by atoms with Gasteiger partial charge in [-0.05, 0) is 11.6 Å². The average molecular weight is 228 g/mol. The van der Waals surface area contributed by atoms with Gasteiger partial charge in [0.1, 0.15) is 12.7 Å². The summed E-state index contributed by atoms with van der Waals surface area (Å²) >= 11 is 5.99. The Morgan fingerprint density at radius 3 is 3.20 bits per heavy atom. The normalized spacial score (nSPS) is 18.6. The molecule has 0 radical (unpaired) electrons. The van der Waals surface area contributed by atoms with Crippen LogP contribution >= 0.6 is 11.6 Å². The van der Waals surface area contributed by atoms with Crippen LogP contribution in [0.25, 0.3) is 0 Å². The number of amides is 1. The summed E-state index contributed by atoms with van der Waals surface area (Å²) in [6, 6.07) is 5.55. The number of carbonyl (C=O) groups is 1. The maximum atomic E-state index is 10.5. The highest BCUT2D eigenvalue weighted by Crippen LogP contribution is 2.34. The molecule has 0 aliphatic carbocycles. The summed E-state index contributed by atoms with van der Waals surface area (Å²) < 4.78 is 10.1. The number of hydrogen-bond donors (Lipinski definition) is 1. The van der Waals surface area contributed by atoms with Crippen LogP contribution in [0, 0.1) is 0 Å². The first kappa shape index (κ1) is 10.3. The first-order valence-corrected chi connectivity index (χ1v) is 4.87. The van der Waals surface area contributed by atoms with Gasteiger partial charge in [-0.15, -0.1) is 0 Å². The molecule has 1 aromatic rings. The number of carbonyl (C=O) groups excluding carboxylic acids is 1. The monoisotopic (exact) mass is 227 g/mol. The lowest BCUT2D eigenvalue weighted by Gasteiger charge is -2.10. The summed E-state index contributed by atoms with van der Waals surface area (Å²) in [5, 5.41) is 0.675. The molecule has 2 rings (SSSR count). The molecule has 1 aliphatic rings. The van der Waals surface area contributed by atoms with Crippen LogP contribution in [0.2, 0.25) is 5.02 Å². The Balaban J connectivity index is 2.14. The Kier molecular flexibility index (Phi) is 2.79. The molecule has 1 unspecified atom stereocenters. The van der Waals surface area contributed by atoms with Crippen LogP contribution < -0.4 is 5.73 Å². The molecule has 0 fully saturated rings. The van der Waals surface area contributed by atoms with E-state index in [1.54, 1.807) is 6.07 Å². The van der Waals surface area contributed by atoms with E-state index in [0.717, 1.165) is 11.1 Å². The van der Waals surface area contributed by atoms with Gasteiger partial charge in [0, 0.05) is 10.6 Å². The molecule has 1 heterocycles. The first-order valence-electron chi connectivity index (χ1n) is 4.49. The minimum absolute atomic E-state index is 0.128. The molecular formula is C10H10ClNO3. The second-order valence-electron chi connectivity index (χ2n) is 3.24. The fourth-order valence-electron chi connectivity index (χ4n) is 1.60. The fourth-order valence-corrected chi connectivity index (χ4v) is 1.84. The van der Waals surface area contributed by atoms with Crippen molar-refractivity contribution in [2.24, 2.45) is 5.73 Å². The van der Waals surface area contributed by atoms with E-state index in [1.807, 2.05) is 12.1 Å². The topological polar surface area (TPSA) is 61.6 Å². The fraction of sp³-hybridized carbons (Fsp3) is 0.300. The van der Waals surface area contributed by atoms with Crippen LogP contribution in [0.5, 0.6) is 0 Å². The van der Waals surface area contributed by atoms with E-state index in [4.69, 9.17) is 26.8 Å². The predicted octanol–water partition coefficient (Wildman–Crippen LogP) is 2.01. The molecule has 0 bridgehead atoms. The highest BCUT2D eigenvalue weighted by molar-refractivity contribution is 6.31. The molecule has 1 aliphatic heterocycles. The Bertz CT molecular complexity index is 394. The molecule has 1 aromatic carbocycles. The predicted molar refractivity (Wildman–Crippen MR) is 54.5 cm³/mol. The maximum absolute atomic E-state index is 10.5. The van der Waals surface area contributed by atoms with Gasteiger partial charge < -0.3 is 15.2 Å². The van der Waals surface area contributed by atoms with Gasteiger partial charge in [-0.25, -0.2) is 4.79 Å². The smallest absolute Gasteiger partial charge is 0.404 e. The van der Waals surface area contributed by atoms with Crippen LogP contribution in [-0.2, 0) is 16.1 Å². The molecular weight excluding hydrogens is 218 g/mol. The summed E-state index contributed by atoms with van der Waals surface area (Å²) in [6.45, 7) is 0.574. The standard InChI is InChI=1S/C10H10ClNO3/c11-8-3-1-2-6-7(8)4-14-9(6)5-15-10(12)13/h1-3,9H,4-5H2,(H2,12,13). The van der Waals surface area contributed by atoms with E-state index >= 15 is 0 Å². The summed E-state index contributed by atoms with van der Waals surface area (Å²) in [5.74, 6) is 0. The maximum Gasteiger partial charge on any atom is 0.404 e. The van der Waals surface area contributed by atoms with Crippen molar-refractivity contribution in [3.63, 3.8) is 0 Å². The molecule has 0 aromatic heterocycles. The molecule has 4 nitrogen and oxygen atoms in total. The average Bonchev–Trinajstić information content (AvgIpc) is 2.59. The van der Waals surface area contributed by atoms with E-state index in [1.165, 1.54) is 0 Å². The van der Waals surface area contributed by atoms with E-state index in [-0.39, 0.29) is 12.7 Å². The lowest BCUT2D eigenvalue weighted by Crippen LogP contribution is -2.17. The van der Waals surface area contributed by atoms with Crippen molar-refractivity contribution in [2.75, 3.05) is 6.61 Å². The van der Waals surface area contributed by atoms with E-state index in [9.17, 15) is 4.79 Å². The number of benzene rings is 1. The molecule has 80 valence electrons. The Hall–Kier alpha value is -1.26. The molecule has 1 atom stereocenters. The largest absolute Gasteiger partial charge is 0.447 e. The molecule has 0 saturated carbocycles. The van der Waals surface area contributed by atoms with Gasteiger partial charge >= 0.3 is 6.09 Å². The zero-order valence-electron chi connectivity index (χ0n) is 7.90. The van der Waals surface area contributed by atoms with Crippen LogP contribution in [0.4, 0.5) is 4.79 Å². The van der Waals surface area contributed by atoms with Gasteiger partial charge in [0.05, 0.1) is 6.61 Å². The van der Waals surface area contributed by atoms with Gasteiger partial charge in [-0.2, -0.15) is 0 Å². The van der Waals surface area contributed by atoms with E-state index in [2.05, 4.69) is 0 Å². The molecule has 5 heteroatoms. The third-order valence-electron chi connectivity index (χ3n) is 2.31. The van der Waals surface area contributed by atoms with Crippen LogP contribution in [0.3, 0.4) is 0 Å². The van der Waals surface area contributed by atoms with Crippen LogP contribution in [0.1, 0.15) is 17.2 Å². The minimum Gasteiger partial charge on any atom is -0.447 e. The van der Waals surface area contributed by atoms with E-state index in [0.29, 0.717) is 11.6 Å². The van der Waals surface area contributed by atoms with Crippen molar-refractivity contribution in [1.29, 1.82) is 0 Å². The van der Waals surface area contributed by atoms with Crippen molar-refractivity contribution in [3.05, 3.63) is 34.3 Å². The third kappa shape index (κ3) is 2.06. The zero-order valence-corrected chi connectivity index (χ0v) is 8.66. The number of primary amides is 1. The number of fused-ring (bicyclic) bond motifs is 1. The van der Waals surface area contributed by atoms with Crippen molar-refractivity contribution >= 4 is 17.7 Å². The van der Waals surface area contributed by atoms with Gasteiger partial charge in [-0.1, -0.05) is 23.7 Å². The Labute approximate surface area is 91.9 Å². The van der Waals surface area contributed by atoms with Crippen LogP contribution in [-0.4, -0.2) is 12.7 Å². The molecule has 0 spiro atoms. The highest BCUT2D eigenvalue weighted by atomic mass is 35.5. The van der Waals surface area contributed by atoms with Crippen LogP contribution in [0.15, 0.2) is 18.2 Å². The highest BCUT2D eigenvalue weighted by Gasteiger charge is 2.25. The Morgan fingerprint density at radius 2 is 2.47 bits per heavy atom. The lowest BCUT2D eigenvalue weighted by atomic mass is 10.1. The number of ether oxygens (including phenoxy) is 2. The van der Waals surface area contributed by atoms with E-state index < -0.39 is 6.09 Å². The molecule has 1 amide bonds. The SMILES string of the molecule is NC(=O)OCC1OCc2c(Cl)cccc21. The zero-order chi connectivity index (χ0) is 10.8. The van der Waals surface area contributed by atoms with Crippen molar-refractivity contribution < 1.29 is 14.3 Å². The van der Waals surface area contributed by atoms with Crippen molar-refractivity contribution in [3.8, 4) is 0 Å². The van der Waals surface area contributed by atoms with Gasteiger partial charge in [0.2, 0.25) is 0 Å². The quantitative estimate of drug-likeness (QED) is 0.841. The summed E-state index contributed by atoms with van der Waals surface area (Å²) in [7, 11) is 0. The van der Waals surface area contributed by atoms with Gasteiger partial charge in [-0.3, -0.25) is 0 Å². The van der Waals surface area contributed by atoms with Gasteiger partial charge in [0.15, 0.2) is 0 Å². The third-order valence-corrected chi connectivity index (χ3v) is 2.66. The molecule has 2 N–H and O–H groups in total. The summed E-state index contributed by atoms with van der Waals surface area (Å²) in [6.07, 6.45) is -1.06. The summed E-state index contributed by atoms with van der Waals surface area (Å²) in [5.41, 5.74) is 6.80. The molecule has 0 saturated heterocycles. The first-order chi connectivity index (χ1) is 7.18. The molecule has 15 heavy (non-hydrogen) atoms. The Morgan fingerprint density at radius 1 is 1.67 bits per heavy atom. The number of hydrogen-bond acceptors (Lipinski definition) is 3.